The van der Waals surface area contributed by atoms with E-state index < -0.39 is 23.9 Å². The van der Waals surface area contributed by atoms with Crippen LogP contribution in [0.3, 0.4) is 0 Å². The van der Waals surface area contributed by atoms with Crippen LogP contribution in [-0.2, 0) is 24.4 Å². The van der Waals surface area contributed by atoms with Crippen molar-refractivity contribution in [2.45, 2.75) is 71.2 Å². The fraction of sp³-hybridized carbons (Fsp3) is 0.714. The van der Waals surface area contributed by atoms with E-state index in [4.69, 9.17) is 30.4 Å². The van der Waals surface area contributed by atoms with Crippen LogP contribution in [0.4, 0.5) is 4.79 Å². The first kappa shape index (κ1) is 23.3. The minimum atomic E-state index is -0.743. The molecule has 3 heterocycles. The zero-order valence-corrected chi connectivity index (χ0v) is 19.5. The highest BCUT2D eigenvalue weighted by atomic mass is 35.5. The number of amides is 1. The number of hydrogen-bond donors (Lipinski definition) is 0. The van der Waals surface area contributed by atoms with E-state index in [1.54, 1.807) is 11.0 Å². The lowest BCUT2D eigenvalue weighted by molar-refractivity contribution is -0.0974. The highest BCUT2D eigenvalue weighted by Crippen LogP contribution is 2.37. The summed E-state index contributed by atoms with van der Waals surface area (Å²) in [5, 5.41) is 0.324. The Bertz CT molecular complexity index is 775. The summed E-state index contributed by atoms with van der Waals surface area (Å²) in [5.41, 5.74) is -0.299. The van der Waals surface area contributed by atoms with Crippen molar-refractivity contribution in [3.05, 3.63) is 22.8 Å². The Morgan fingerprint density at radius 1 is 1.23 bits per heavy atom. The van der Waals surface area contributed by atoms with Gasteiger partial charge in [0.05, 0.1) is 36.6 Å². The van der Waals surface area contributed by atoms with Crippen molar-refractivity contribution in [2.24, 2.45) is 0 Å². The van der Waals surface area contributed by atoms with E-state index in [2.05, 4.69) is 11.9 Å². The fourth-order valence-electron chi connectivity index (χ4n) is 3.50. The first-order valence-electron chi connectivity index (χ1n) is 10.6. The van der Waals surface area contributed by atoms with Crippen LogP contribution < -0.4 is 5.59 Å². The molecule has 0 aliphatic carbocycles. The lowest BCUT2D eigenvalue weighted by atomic mass is 9.81. The van der Waals surface area contributed by atoms with Gasteiger partial charge < -0.3 is 23.7 Å². The third kappa shape index (κ3) is 4.77. The number of rotatable bonds is 5. The Labute approximate surface area is 184 Å². The van der Waals surface area contributed by atoms with Gasteiger partial charge in [-0.3, -0.25) is 0 Å². The highest BCUT2D eigenvalue weighted by Gasteiger charge is 2.52. The number of hydrogen-bond acceptors (Lipinski definition) is 6. The molecule has 7 nitrogen and oxygen atoms in total. The van der Waals surface area contributed by atoms with Crippen LogP contribution in [0.15, 0.2) is 12.1 Å². The van der Waals surface area contributed by atoms with Crippen LogP contribution >= 0.6 is 11.6 Å². The second-order valence-electron chi connectivity index (χ2n) is 9.16. The maximum Gasteiger partial charge on any atom is 0.514 e. The van der Waals surface area contributed by atoms with Crippen LogP contribution in [0.1, 0.15) is 59.9 Å². The Morgan fingerprint density at radius 3 is 2.53 bits per heavy atom. The number of aromatic nitrogens is 1. The molecule has 30 heavy (non-hydrogen) atoms. The van der Waals surface area contributed by atoms with Crippen LogP contribution in [0.2, 0.25) is 5.15 Å². The van der Waals surface area contributed by atoms with E-state index in [-0.39, 0.29) is 6.09 Å². The van der Waals surface area contributed by atoms with Crippen molar-refractivity contribution in [3.8, 4) is 0 Å². The molecule has 2 fully saturated rings. The van der Waals surface area contributed by atoms with E-state index >= 15 is 0 Å². The number of halogens is 1. The van der Waals surface area contributed by atoms with Crippen molar-refractivity contribution in [2.75, 3.05) is 26.3 Å². The number of pyridine rings is 1. The summed E-state index contributed by atoms with van der Waals surface area (Å²) in [6.07, 6.45) is 1.51. The van der Waals surface area contributed by atoms with Gasteiger partial charge in [-0.05, 0) is 58.7 Å². The molecule has 0 bridgehead atoms. The number of unbranched alkanes of at least 4 members (excludes halogenated alkanes) is 1. The Morgan fingerprint density at radius 2 is 1.90 bits per heavy atom. The molecule has 1 atom stereocenters. The average molecular weight is 439 g/mol. The molecule has 1 aromatic rings. The largest absolute Gasteiger partial charge is 0.514 e. The summed E-state index contributed by atoms with van der Waals surface area (Å²) in [6, 6.07) is 3.65. The number of morpholine rings is 1. The van der Waals surface area contributed by atoms with Gasteiger partial charge in [-0.15, -0.1) is 0 Å². The Kier molecular flexibility index (Phi) is 6.73. The van der Waals surface area contributed by atoms with Gasteiger partial charge in [0.15, 0.2) is 0 Å². The third-order valence-electron chi connectivity index (χ3n) is 6.18. The molecule has 0 spiro atoms. The monoisotopic (exact) mass is 438 g/mol. The van der Waals surface area contributed by atoms with Gasteiger partial charge in [-0.1, -0.05) is 24.9 Å². The van der Waals surface area contributed by atoms with E-state index in [9.17, 15) is 4.79 Å². The SMILES string of the molecule is CCCCOC(=O)N1CCOC(C)(c2cc(Cl)nc(B3OC(C)(C)C(C)(C)O3)c2)C1. The number of carbonyl (C=O) groups excluding carboxylic acids is 1. The Balaban J connectivity index is 1.81. The molecule has 166 valence electrons. The molecule has 1 aromatic heterocycles. The minimum absolute atomic E-state index is 0.315. The van der Waals surface area contributed by atoms with Crippen molar-refractivity contribution in [1.29, 1.82) is 0 Å². The number of carbonyl (C=O) groups is 1. The third-order valence-corrected chi connectivity index (χ3v) is 6.37. The lowest BCUT2D eigenvalue weighted by Crippen LogP contribution is -2.51. The first-order valence-corrected chi connectivity index (χ1v) is 10.9. The predicted molar refractivity (Wildman–Crippen MR) is 116 cm³/mol. The van der Waals surface area contributed by atoms with Gasteiger partial charge in [0, 0.05) is 6.54 Å². The minimum Gasteiger partial charge on any atom is -0.449 e. The predicted octanol–water partition coefficient (Wildman–Crippen LogP) is 3.52. The smallest absolute Gasteiger partial charge is 0.449 e. The maximum absolute atomic E-state index is 12.4. The van der Waals surface area contributed by atoms with Gasteiger partial charge in [-0.2, -0.15) is 0 Å². The number of ether oxygens (including phenoxy) is 2. The van der Waals surface area contributed by atoms with Gasteiger partial charge in [0.2, 0.25) is 0 Å². The molecule has 0 saturated carbocycles. The molecule has 0 aromatic carbocycles. The number of nitrogens with zero attached hydrogens (tertiary/aromatic N) is 2. The summed E-state index contributed by atoms with van der Waals surface area (Å²) >= 11 is 6.35. The summed E-state index contributed by atoms with van der Waals surface area (Å²) in [5.74, 6) is 0. The second-order valence-corrected chi connectivity index (χ2v) is 9.55. The maximum atomic E-state index is 12.4. The van der Waals surface area contributed by atoms with Gasteiger partial charge in [0.25, 0.3) is 0 Å². The molecule has 2 aliphatic rings. The molecular formula is C21H32BClN2O5. The summed E-state index contributed by atoms with van der Waals surface area (Å²) in [6.45, 7) is 13.7. The van der Waals surface area contributed by atoms with Crippen molar-refractivity contribution < 1.29 is 23.6 Å². The van der Waals surface area contributed by atoms with Crippen molar-refractivity contribution >= 4 is 30.4 Å². The fourth-order valence-corrected chi connectivity index (χ4v) is 3.72. The van der Waals surface area contributed by atoms with Crippen LogP contribution in [0, 0.1) is 0 Å². The molecule has 1 amide bonds. The van der Waals surface area contributed by atoms with Crippen LogP contribution in [0.25, 0.3) is 0 Å². The lowest BCUT2D eigenvalue weighted by Gasteiger charge is -2.40. The zero-order valence-electron chi connectivity index (χ0n) is 18.8. The quantitative estimate of drug-likeness (QED) is 0.398. The summed E-state index contributed by atoms with van der Waals surface area (Å²) < 4.78 is 23.7. The molecular weight excluding hydrogens is 407 g/mol. The van der Waals surface area contributed by atoms with E-state index in [0.29, 0.717) is 37.0 Å². The van der Waals surface area contributed by atoms with E-state index in [1.165, 1.54) is 0 Å². The average Bonchev–Trinajstić information content (AvgIpc) is 2.89. The highest BCUT2D eigenvalue weighted by molar-refractivity contribution is 6.61. The first-order chi connectivity index (χ1) is 14.0. The molecule has 1 unspecified atom stereocenters. The molecule has 0 N–H and O–H groups in total. The van der Waals surface area contributed by atoms with E-state index in [0.717, 1.165) is 18.4 Å². The van der Waals surface area contributed by atoms with Crippen molar-refractivity contribution in [1.82, 2.24) is 9.88 Å². The molecule has 0 radical (unpaired) electrons. The topological polar surface area (TPSA) is 70.1 Å². The van der Waals surface area contributed by atoms with Crippen LogP contribution in [0.5, 0.6) is 0 Å². The van der Waals surface area contributed by atoms with Gasteiger partial charge in [0.1, 0.15) is 10.8 Å². The normalized spacial score (nSPS) is 25.4. The zero-order chi connectivity index (χ0) is 22.2. The summed E-state index contributed by atoms with van der Waals surface area (Å²) in [7, 11) is -0.630. The van der Waals surface area contributed by atoms with Crippen molar-refractivity contribution in [3.63, 3.8) is 0 Å². The summed E-state index contributed by atoms with van der Waals surface area (Å²) in [4.78, 5) is 18.6. The standard InChI is InChI=1S/C21H32BClN2O5/c1-7-8-10-27-18(26)25-9-11-28-21(6,14-25)15-12-16(24-17(23)13-15)22-29-19(2,3)20(4,5)30-22/h12-13H,7-11,14H2,1-6H3. The molecule has 2 saturated heterocycles. The van der Waals surface area contributed by atoms with E-state index in [1.807, 2.05) is 40.7 Å². The molecule has 2 aliphatic heterocycles. The van der Waals surface area contributed by atoms with Crippen LogP contribution in [-0.4, -0.2) is 60.6 Å². The molecule has 3 rings (SSSR count). The second kappa shape index (κ2) is 8.65. The van der Waals surface area contributed by atoms with Gasteiger partial charge in [-0.25, -0.2) is 9.78 Å². The van der Waals surface area contributed by atoms with Gasteiger partial charge >= 0.3 is 13.2 Å². The Hall–Kier alpha value is -1.35. The molecule has 9 heteroatoms.